The summed E-state index contributed by atoms with van der Waals surface area (Å²) in [6, 6.07) is 5.97. The molecule has 0 radical (unpaired) electrons. The standard InChI is InChI=1S/C21H30N6O2/c1-22-21(27-11-9-26(10-12-27)16-18-8-13-28-25-18)24-15-17-6-7-20(23-14-17)29-19-4-2-3-5-19/h6-8,13-14,19H,2-5,9-12,15-16H2,1H3,(H,22,24). The first-order valence-electron chi connectivity index (χ1n) is 10.5. The predicted molar refractivity (Wildman–Crippen MR) is 111 cm³/mol. The van der Waals surface area contributed by atoms with Gasteiger partial charge in [0.05, 0.1) is 5.69 Å². The fourth-order valence-corrected chi connectivity index (χ4v) is 3.94. The zero-order valence-electron chi connectivity index (χ0n) is 17.1. The molecule has 2 aromatic heterocycles. The Balaban J connectivity index is 1.22. The number of pyridine rings is 1. The Bertz CT molecular complexity index is 763. The topological polar surface area (TPSA) is 79.0 Å². The largest absolute Gasteiger partial charge is 0.474 e. The molecule has 0 unspecified atom stereocenters. The van der Waals surface area contributed by atoms with Crippen molar-refractivity contribution in [3.8, 4) is 5.88 Å². The Labute approximate surface area is 171 Å². The van der Waals surface area contributed by atoms with Crippen molar-refractivity contribution in [2.24, 2.45) is 4.99 Å². The molecule has 1 aliphatic heterocycles. The molecule has 8 nitrogen and oxygen atoms in total. The molecule has 8 heteroatoms. The summed E-state index contributed by atoms with van der Waals surface area (Å²) in [5, 5.41) is 7.45. The van der Waals surface area contributed by atoms with Crippen LogP contribution < -0.4 is 10.1 Å². The molecule has 1 N–H and O–H groups in total. The average molecular weight is 399 g/mol. The number of hydrogen-bond acceptors (Lipinski definition) is 6. The summed E-state index contributed by atoms with van der Waals surface area (Å²) in [6.45, 7) is 5.35. The van der Waals surface area contributed by atoms with Gasteiger partial charge < -0.3 is 19.5 Å². The van der Waals surface area contributed by atoms with E-state index >= 15 is 0 Å². The summed E-state index contributed by atoms with van der Waals surface area (Å²) in [7, 11) is 1.83. The number of aromatic nitrogens is 2. The molecular formula is C21H30N6O2. The van der Waals surface area contributed by atoms with Gasteiger partial charge in [0.2, 0.25) is 5.88 Å². The molecule has 29 heavy (non-hydrogen) atoms. The molecule has 4 rings (SSSR count). The molecule has 2 fully saturated rings. The lowest BCUT2D eigenvalue weighted by atomic mass is 10.2. The molecule has 2 aliphatic rings. The van der Waals surface area contributed by atoms with E-state index < -0.39 is 0 Å². The average Bonchev–Trinajstić information content (AvgIpc) is 3.45. The van der Waals surface area contributed by atoms with Crippen LogP contribution in [-0.2, 0) is 13.1 Å². The second-order valence-corrected chi connectivity index (χ2v) is 7.68. The lowest BCUT2D eigenvalue weighted by Crippen LogP contribution is -2.52. The number of piperazine rings is 1. The van der Waals surface area contributed by atoms with Crippen LogP contribution in [0.15, 0.2) is 40.2 Å². The number of ether oxygens (including phenoxy) is 1. The van der Waals surface area contributed by atoms with Gasteiger partial charge >= 0.3 is 0 Å². The highest BCUT2D eigenvalue weighted by Crippen LogP contribution is 2.22. The predicted octanol–water partition coefficient (Wildman–Crippen LogP) is 2.28. The van der Waals surface area contributed by atoms with Crippen molar-refractivity contribution < 1.29 is 9.26 Å². The molecule has 0 amide bonds. The number of nitrogens with zero attached hydrogens (tertiary/aromatic N) is 5. The normalized spacial score (nSPS) is 18.9. The summed E-state index contributed by atoms with van der Waals surface area (Å²) in [4.78, 5) is 13.6. The first-order chi connectivity index (χ1) is 14.3. The fraction of sp³-hybridized carbons (Fsp3) is 0.571. The van der Waals surface area contributed by atoms with Crippen molar-refractivity contribution in [2.45, 2.75) is 44.9 Å². The summed E-state index contributed by atoms with van der Waals surface area (Å²) in [5.41, 5.74) is 2.10. The van der Waals surface area contributed by atoms with Crippen molar-refractivity contribution in [2.75, 3.05) is 33.2 Å². The Kier molecular flexibility index (Phi) is 6.61. The lowest BCUT2D eigenvalue weighted by Gasteiger charge is -2.36. The van der Waals surface area contributed by atoms with Crippen molar-refractivity contribution in [1.82, 2.24) is 25.3 Å². The van der Waals surface area contributed by atoms with Gasteiger partial charge in [-0.3, -0.25) is 9.89 Å². The molecule has 156 valence electrons. The van der Waals surface area contributed by atoms with Crippen LogP contribution in [0, 0.1) is 0 Å². The number of guanidine groups is 1. The van der Waals surface area contributed by atoms with E-state index in [2.05, 4.69) is 36.3 Å². The van der Waals surface area contributed by atoms with E-state index in [1.807, 2.05) is 25.4 Å². The Hall–Kier alpha value is -2.61. The molecule has 2 aromatic rings. The molecule has 1 saturated carbocycles. The zero-order chi connectivity index (χ0) is 19.9. The molecule has 0 spiro atoms. The monoisotopic (exact) mass is 398 g/mol. The summed E-state index contributed by atoms with van der Waals surface area (Å²) < 4.78 is 10.9. The van der Waals surface area contributed by atoms with E-state index in [0.29, 0.717) is 12.6 Å². The molecular weight excluding hydrogens is 368 g/mol. The summed E-state index contributed by atoms with van der Waals surface area (Å²) >= 11 is 0. The number of hydrogen-bond donors (Lipinski definition) is 1. The fourth-order valence-electron chi connectivity index (χ4n) is 3.94. The van der Waals surface area contributed by atoms with E-state index in [4.69, 9.17) is 9.26 Å². The van der Waals surface area contributed by atoms with Gasteiger partial charge in [-0.05, 0) is 31.2 Å². The van der Waals surface area contributed by atoms with Gasteiger partial charge in [0.1, 0.15) is 12.4 Å². The van der Waals surface area contributed by atoms with E-state index in [1.54, 1.807) is 6.26 Å². The van der Waals surface area contributed by atoms with Crippen LogP contribution in [0.25, 0.3) is 0 Å². The van der Waals surface area contributed by atoms with Crippen LogP contribution in [0.5, 0.6) is 5.88 Å². The molecule has 1 aliphatic carbocycles. The highest BCUT2D eigenvalue weighted by atomic mass is 16.5. The lowest BCUT2D eigenvalue weighted by molar-refractivity contribution is 0.169. The van der Waals surface area contributed by atoms with Gasteiger partial charge in [0.25, 0.3) is 0 Å². The first kappa shape index (κ1) is 19.7. The third-order valence-electron chi connectivity index (χ3n) is 5.60. The van der Waals surface area contributed by atoms with Gasteiger partial charge in [0, 0.05) is 64.6 Å². The van der Waals surface area contributed by atoms with E-state index in [9.17, 15) is 0 Å². The zero-order valence-corrected chi connectivity index (χ0v) is 17.1. The van der Waals surface area contributed by atoms with Gasteiger partial charge in [-0.25, -0.2) is 4.98 Å². The van der Waals surface area contributed by atoms with Crippen LogP contribution in [0.2, 0.25) is 0 Å². The van der Waals surface area contributed by atoms with Gasteiger partial charge in [0.15, 0.2) is 5.96 Å². The minimum absolute atomic E-state index is 0.341. The Morgan fingerprint density at radius 1 is 1.21 bits per heavy atom. The van der Waals surface area contributed by atoms with Crippen molar-refractivity contribution in [1.29, 1.82) is 0 Å². The van der Waals surface area contributed by atoms with Gasteiger partial charge in [-0.2, -0.15) is 0 Å². The maximum Gasteiger partial charge on any atom is 0.213 e. The SMILES string of the molecule is CN=C(NCc1ccc(OC2CCCC2)nc1)N1CCN(Cc2ccon2)CC1. The highest BCUT2D eigenvalue weighted by Gasteiger charge is 2.20. The summed E-state index contributed by atoms with van der Waals surface area (Å²) in [6.07, 6.45) is 8.68. The third kappa shape index (κ3) is 5.47. The molecule has 1 saturated heterocycles. The third-order valence-corrected chi connectivity index (χ3v) is 5.60. The van der Waals surface area contributed by atoms with Crippen molar-refractivity contribution >= 4 is 5.96 Å². The maximum atomic E-state index is 5.94. The van der Waals surface area contributed by atoms with E-state index in [0.717, 1.165) is 68.7 Å². The Morgan fingerprint density at radius 2 is 2.03 bits per heavy atom. The number of rotatable bonds is 6. The highest BCUT2D eigenvalue weighted by molar-refractivity contribution is 5.80. The van der Waals surface area contributed by atoms with Gasteiger partial charge in [-0.1, -0.05) is 11.2 Å². The second-order valence-electron chi connectivity index (χ2n) is 7.68. The number of aliphatic imine (C=N–C) groups is 1. The first-order valence-corrected chi connectivity index (χ1v) is 10.5. The van der Waals surface area contributed by atoms with Crippen LogP contribution in [0.4, 0.5) is 0 Å². The minimum atomic E-state index is 0.341. The van der Waals surface area contributed by atoms with Crippen LogP contribution >= 0.6 is 0 Å². The van der Waals surface area contributed by atoms with Crippen molar-refractivity contribution in [3.05, 3.63) is 41.9 Å². The van der Waals surface area contributed by atoms with Gasteiger partial charge in [-0.15, -0.1) is 0 Å². The van der Waals surface area contributed by atoms with Crippen LogP contribution in [-0.4, -0.2) is 65.2 Å². The molecule has 3 heterocycles. The maximum absolute atomic E-state index is 5.94. The molecule has 0 atom stereocenters. The van der Waals surface area contributed by atoms with E-state index in [-0.39, 0.29) is 0 Å². The van der Waals surface area contributed by atoms with Crippen LogP contribution in [0.1, 0.15) is 36.9 Å². The minimum Gasteiger partial charge on any atom is -0.474 e. The Morgan fingerprint density at radius 3 is 2.69 bits per heavy atom. The van der Waals surface area contributed by atoms with E-state index in [1.165, 1.54) is 12.8 Å². The van der Waals surface area contributed by atoms with Crippen LogP contribution in [0.3, 0.4) is 0 Å². The molecule has 0 bridgehead atoms. The quantitative estimate of drug-likeness (QED) is 0.591. The van der Waals surface area contributed by atoms with Crippen molar-refractivity contribution in [3.63, 3.8) is 0 Å². The smallest absolute Gasteiger partial charge is 0.213 e. The number of nitrogens with one attached hydrogen (secondary N) is 1. The second kappa shape index (κ2) is 9.73. The molecule has 0 aromatic carbocycles. The summed E-state index contributed by atoms with van der Waals surface area (Å²) in [5.74, 6) is 1.66.